The summed E-state index contributed by atoms with van der Waals surface area (Å²) in [5.41, 5.74) is 0.269. The summed E-state index contributed by atoms with van der Waals surface area (Å²) >= 11 is 3.92. The SMILES string of the molecule is CN=C(NCCSC)NCC1(N2CCOCC2)CCSC1.I. The number of ether oxygens (including phenoxy) is 1. The second kappa shape index (κ2) is 11.2. The van der Waals surface area contributed by atoms with Gasteiger partial charge in [0.15, 0.2) is 5.96 Å². The van der Waals surface area contributed by atoms with Gasteiger partial charge in [-0.3, -0.25) is 9.89 Å². The van der Waals surface area contributed by atoms with E-state index in [2.05, 4.69) is 38.5 Å². The van der Waals surface area contributed by atoms with E-state index in [1.54, 1.807) is 0 Å². The minimum Gasteiger partial charge on any atom is -0.379 e. The normalized spacial score (nSPS) is 26.5. The van der Waals surface area contributed by atoms with E-state index in [1.165, 1.54) is 17.9 Å². The minimum absolute atomic E-state index is 0. The summed E-state index contributed by atoms with van der Waals surface area (Å²) in [5.74, 6) is 4.50. The molecule has 0 aromatic carbocycles. The highest BCUT2D eigenvalue weighted by molar-refractivity contribution is 14.0. The number of morpholine rings is 1. The van der Waals surface area contributed by atoms with Crippen molar-refractivity contribution in [2.24, 2.45) is 4.99 Å². The van der Waals surface area contributed by atoms with Crippen LogP contribution >= 0.6 is 47.5 Å². The van der Waals surface area contributed by atoms with E-state index < -0.39 is 0 Å². The molecule has 5 nitrogen and oxygen atoms in total. The van der Waals surface area contributed by atoms with Crippen LogP contribution in [0.4, 0.5) is 0 Å². The van der Waals surface area contributed by atoms with Crippen molar-refractivity contribution in [1.29, 1.82) is 0 Å². The van der Waals surface area contributed by atoms with Crippen LogP contribution in [-0.4, -0.2) is 86.4 Å². The van der Waals surface area contributed by atoms with Gasteiger partial charge in [-0.25, -0.2) is 0 Å². The smallest absolute Gasteiger partial charge is 0.191 e. The van der Waals surface area contributed by atoms with Gasteiger partial charge in [-0.1, -0.05) is 0 Å². The maximum absolute atomic E-state index is 5.51. The lowest BCUT2D eigenvalue weighted by Gasteiger charge is -2.43. The van der Waals surface area contributed by atoms with Crippen molar-refractivity contribution >= 4 is 53.5 Å². The number of hydrogen-bond donors (Lipinski definition) is 2. The average Bonchev–Trinajstić information content (AvgIpc) is 3.02. The Labute approximate surface area is 160 Å². The molecule has 0 amide bonds. The summed E-state index contributed by atoms with van der Waals surface area (Å²) in [7, 11) is 1.85. The Bertz CT molecular complexity index is 335. The molecule has 8 heteroatoms. The third-order valence-electron chi connectivity index (χ3n) is 4.17. The Balaban J connectivity index is 0.00000242. The van der Waals surface area contributed by atoms with E-state index in [4.69, 9.17) is 4.74 Å². The monoisotopic (exact) mass is 460 g/mol. The van der Waals surface area contributed by atoms with Crippen LogP contribution in [-0.2, 0) is 4.74 Å². The Hall–Kier alpha value is 0.620. The molecule has 2 heterocycles. The van der Waals surface area contributed by atoms with Crippen LogP contribution in [0.25, 0.3) is 0 Å². The first-order valence-corrected chi connectivity index (χ1v) is 10.2. The van der Waals surface area contributed by atoms with Crippen molar-refractivity contribution in [2.75, 3.05) is 70.0 Å². The Morgan fingerprint density at radius 2 is 2.14 bits per heavy atom. The molecule has 2 aliphatic heterocycles. The Morgan fingerprint density at radius 3 is 2.73 bits per heavy atom. The van der Waals surface area contributed by atoms with Crippen LogP contribution in [0, 0.1) is 0 Å². The van der Waals surface area contributed by atoms with Crippen LogP contribution in [0.1, 0.15) is 6.42 Å². The molecule has 2 rings (SSSR count). The fraction of sp³-hybridized carbons (Fsp3) is 0.929. The van der Waals surface area contributed by atoms with Gasteiger partial charge in [0.1, 0.15) is 0 Å². The quantitative estimate of drug-likeness (QED) is 0.270. The number of halogens is 1. The standard InChI is InChI=1S/C14H28N4OS2.HI/c1-15-13(16-4-10-20-2)17-11-14(3-9-21-12-14)18-5-7-19-8-6-18;/h3-12H2,1-2H3,(H2,15,16,17);1H. The number of hydrogen-bond acceptors (Lipinski definition) is 5. The van der Waals surface area contributed by atoms with Gasteiger partial charge in [-0.2, -0.15) is 23.5 Å². The van der Waals surface area contributed by atoms with E-state index in [0.29, 0.717) is 0 Å². The molecule has 0 aromatic heterocycles. The molecule has 130 valence electrons. The first-order valence-electron chi connectivity index (χ1n) is 7.65. The molecule has 0 radical (unpaired) electrons. The van der Waals surface area contributed by atoms with Crippen LogP contribution in [0.15, 0.2) is 4.99 Å². The van der Waals surface area contributed by atoms with Gasteiger partial charge in [-0.05, 0) is 18.4 Å². The largest absolute Gasteiger partial charge is 0.379 e. The van der Waals surface area contributed by atoms with Crippen LogP contribution in [0.3, 0.4) is 0 Å². The molecule has 2 fully saturated rings. The summed E-state index contributed by atoms with van der Waals surface area (Å²) in [6, 6.07) is 0. The fourth-order valence-electron chi connectivity index (χ4n) is 2.88. The van der Waals surface area contributed by atoms with Gasteiger partial charge in [0.05, 0.1) is 13.2 Å². The van der Waals surface area contributed by atoms with Crippen molar-refractivity contribution in [3.8, 4) is 0 Å². The highest BCUT2D eigenvalue weighted by Crippen LogP contribution is 2.33. The molecule has 0 saturated carbocycles. The lowest BCUT2D eigenvalue weighted by molar-refractivity contribution is -0.0120. The second-order valence-corrected chi connectivity index (χ2v) is 7.56. The van der Waals surface area contributed by atoms with Crippen molar-refractivity contribution in [3.63, 3.8) is 0 Å². The lowest BCUT2D eigenvalue weighted by Crippen LogP contribution is -2.60. The molecule has 0 aromatic rings. The number of thioether (sulfide) groups is 2. The summed E-state index contributed by atoms with van der Waals surface area (Å²) < 4.78 is 5.51. The first kappa shape index (κ1) is 20.7. The predicted octanol–water partition coefficient (Wildman–Crippen LogP) is 1.34. The predicted molar refractivity (Wildman–Crippen MR) is 110 cm³/mol. The van der Waals surface area contributed by atoms with Gasteiger partial charge >= 0.3 is 0 Å². The number of aliphatic imine (C=N–C) groups is 1. The zero-order valence-corrected chi connectivity index (χ0v) is 17.6. The maximum Gasteiger partial charge on any atom is 0.191 e. The van der Waals surface area contributed by atoms with E-state index >= 15 is 0 Å². The number of nitrogens with zero attached hydrogens (tertiary/aromatic N) is 2. The lowest BCUT2D eigenvalue weighted by atomic mass is 9.95. The van der Waals surface area contributed by atoms with Crippen molar-refractivity contribution in [3.05, 3.63) is 0 Å². The van der Waals surface area contributed by atoms with Gasteiger partial charge < -0.3 is 15.4 Å². The molecule has 2 aliphatic rings. The number of guanidine groups is 1. The molecule has 1 unspecified atom stereocenters. The van der Waals surface area contributed by atoms with Crippen LogP contribution in [0.5, 0.6) is 0 Å². The van der Waals surface area contributed by atoms with E-state index in [-0.39, 0.29) is 29.5 Å². The summed E-state index contributed by atoms with van der Waals surface area (Å²) in [6.07, 6.45) is 3.38. The molecule has 0 spiro atoms. The summed E-state index contributed by atoms with van der Waals surface area (Å²) in [4.78, 5) is 6.96. The summed E-state index contributed by atoms with van der Waals surface area (Å²) in [6.45, 7) is 5.78. The van der Waals surface area contributed by atoms with Gasteiger partial charge in [0.2, 0.25) is 0 Å². The van der Waals surface area contributed by atoms with Gasteiger partial charge in [0.25, 0.3) is 0 Å². The highest BCUT2D eigenvalue weighted by atomic mass is 127. The second-order valence-electron chi connectivity index (χ2n) is 5.47. The topological polar surface area (TPSA) is 48.9 Å². The highest BCUT2D eigenvalue weighted by Gasteiger charge is 2.40. The number of rotatable bonds is 6. The van der Waals surface area contributed by atoms with Crippen LogP contribution < -0.4 is 10.6 Å². The third-order valence-corrected chi connectivity index (χ3v) is 6.02. The van der Waals surface area contributed by atoms with Crippen molar-refractivity contribution < 1.29 is 4.74 Å². The molecule has 2 N–H and O–H groups in total. The first-order chi connectivity index (χ1) is 10.3. The minimum atomic E-state index is 0. The van der Waals surface area contributed by atoms with Crippen LogP contribution in [0.2, 0.25) is 0 Å². The van der Waals surface area contributed by atoms with E-state index in [1.807, 2.05) is 18.8 Å². The molecule has 1 atom stereocenters. The molecular formula is C14H29IN4OS2. The number of nitrogens with one attached hydrogen (secondary N) is 2. The molecule has 2 saturated heterocycles. The molecule has 0 aliphatic carbocycles. The zero-order valence-electron chi connectivity index (χ0n) is 13.6. The maximum atomic E-state index is 5.51. The fourth-order valence-corrected chi connectivity index (χ4v) is 4.66. The molecular weight excluding hydrogens is 431 g/mol. The Kier molecular flexibility index (Phi) is 10.5. The average molecular weight is 460 g/mol. The van der Waals surface area contributed by atoms with Crippen molar-refractivity contribution in [2.45, 2.75) is 12.0 Å². The molecule has 0 bridgehead atoms. The Morgan fingerprint density at radius 1 is 1.36 bits per heavy atom. The van der Waals surface area contributed by atoms with E-state index in [9.17, 15) is 0 Å². The van der Waals surface area contributed by atoms with Gasteiger partial charge in [-0.15, -0.1) is 24.0 Å². The summed E-state index contributed by atoms with van der Waals surface area (Å²) in [5, 5.41) is 6.92. The third kappa shape index (κ3) is 5.92. The van der Waals surface area contributed by atoms with Gasteiger partial charge in [0, 0.05) is 50.3 Å². The van der Waals surface area contributed by atoms with Crippen molar-refractivity contribution in [1.82, 2.24) is 15.5 Å². The zero-order chi connectivity index (χ0) is 15.0. The van der Waals surface area contributed by atoms with E-state index in [0.717, 1.165) is 51.1 Å². The molecule has 22 heavy (non-hydrogen) atoms.